The highest BCUT2D eigenvalue weighted by Crippen LogP contribution is 2.04. The Bertz CT molecular complexity index is 108. The number of alkyl halides is 1. The number of nitrogens with one attached hydrogen (secondary N) is 1. The fourth-order valence-corrected chi connectivity index (χ4v) is 0.286. The Morgan fingerprint density at radius 1 is 1.78 bits per heavy atom. The molecule has 0 aromatic heterocycles. The van der Waals surface area contributed by atoms with Gasteiger partial charge in [0.2, 0.25) is 0 Å². The third kappa shape index (κ3) is 7.20. The largest absolute Gasteiger partial charge is 0.465 e. The zero-order chi connectivity index (χ0) is 7.49. The van der Waals surface area contributed by atoms with Crippen molar-refractivity contribution in [2.24, 2.45) is 0 Å². The quantitative estimate of drug-likeness (QED) is 0.593. The second-order valence-corrected chi connectivity index (χ2v) is 2.38. The molecule has 0 unspecified atom stereocenters. The van der Waals surface area contributed by atoms with E-state index < -0.39 is 11.8 Å². The van der Waals surface area contributed by atoms with E-state index in [1.165, 1.54) is 13.8 Å². The number of halogens is 1. The topological polar surface area (TPSA) is 49.3 Å². The van der Waals surface area contributed by atoms with Gasteiger partial charge in [0.15, 0.2) is 0 Å². The van der Waals surface area contributed by atoms with E-state index in [2.05, 4.69) is 0 Å². The van der Waals surface area contributed by atoms with Gasteiger partial charge in [-0.25, -0.2) is 9.18 Å². The van der Waals surface area contributed by atoms with Gasteiger partial charge in [0.1, 0.15) is 5.67 Å². The minimum atomic E-state index is -1.46. The fourth-order valence-electron chi connectivity index (χ4n) is 0.286. The molecule has 3 nitrogen and oxygen atoms in total. The van der Waals surface area contributed by atoms with E-state index in [1.807, 2.05) is 5.32 Å². The predicted molar refractivity (Wildman–Crippen MR) is 31.2 cm³/mol. The molecule has 0 aromatic carbocycles. The maximum absolute atomic E-state index is 12.4. The zero-order valence-electron chi connectivity index (χ0n) is 5.44. The number of rotatable bonds is 2. The summed E-state index contributed by atoms with van der Waals surface area (Å²) in [5.41, 5.74) is -1.46. The van der Waals surface area contributed by atoms with Crippen molar-refractivity contribution in [1.29, 1.82) is 0 Å². The second-order valence-electron chi connectivity index (χ2n) is 2.38. The van der Waals surface area contributed by atoms with Crippen LogP contribution in [0.1, 0.15) is 13.8 Å². The summed E-state index contributed by atoms with van der Waals surface area (Å²) < 4.78 is 12.4. The average molecular weight is 135 g/mol. The van der Waals surface area contributed by atoms with Crippen molar-refractivity contribution in [3.05, 3.63) is 0 Å². The number of carbonyl (C=O) groups is 1. The van der Waals surface area contributed by atoms with E-state index in [0.29, 0.717) is 0 Å². The molecule has 0 aromatic rings. The normalized spacial score (nSPS) is 11.0. The molecule has 9 heavy (non-hydrogen) atoms. The van der Waals surface area contributed by atoms with Gasteiger partial charge >= 0.3 is 6.09 Å². The van der Waals surface area contributed by atoms with Gasteiger partial charge in [0.25, 0.3) is 0 Å². The van der Waals surface area contributed by atoms with E-state index >= 15 is 0 Å². The van der Waals surface area contributed by atoms with Crippen molar-refractivity contribution >= 4 is 6.09 Å². The van der Waals surface area contributed by atoms with E-state index in [0.717, 1.165) is 0 Å². The first-order valence-electron chi connectivity index (χ1n) is 2.57. The van der Waals surface area contributed by atoms with E-state index in [-0.39, 0.29) is 6.54 Å². The molecule has 0 saturated carbocycles. The molecular formula is C5H10FNO2. The van der Waals surface area contributed by atoms with Gasteiger partial charge in [-0.1, -0.05) is 0 Å². The van der Waals surface area contributed by atoms with Crippen LogP contribution in [0.2, 0.25) is 0 Å². The van der Waals surface area contributed by atoms with Crippen molar-refractivity contribution < 1.29 is 14.3 Å². The van der Waals surface area contributed by atoms with Crippen LogP contribution < -0.4 is 5.32 Å². The van der Waals surface area contributed by atoms with Crippen LogP contribution in [-0.2, 0) is 0 Å². The maximum atomic E-state index is 12.4. The number of carboxylic acid groups (broad SMARTS) is 1. The Morgan fingerprint density at radius 3 is 2.33 bits per heavy atom. The van der Waals surface area contributed by atoms with Crippen molar-refractivity contribution in [2.45, 2.75) is 19.5 Å². The summed E-state index contributed by atoms with van der Waals surface area (Å²) in [5, 5.41) is 9.93. The lowest BCUT2D eigenvalue weighted by molar-refractivity contribution is 0.172. The third-order valence-corrected chi connectivity index (χ3v) is 0.660. The number of amides is 1. The molecule has 0 radical (unpaired) electrons. The third-order valence-electron chi connectivity index (χ3n) is 0.660. The van der Waals surface area contributed by atoms with Crippen molar-refractivity contribution in [3.63, 3.8) is 0 Å². The van der Waals surface area contributed by atoms with Crippen LogP contribution in [0.3, 0.4) is 0 Å². The standard InChI is InChI=1S/C5H10FNO2/c1-5(2,6)3-7-4(8)9/h7H,3H2,1-2H3,(H,8,9). The molecule has 0 aliphatic heterocycles. The Balaban J connectivity index is 3.39. The molecule has 0 saturated heterocycles. The minimum Gasteiger partial charge on any atom is -0.465 e. The molecular weight excluding hydrogens is 125 g/mol. The van der Waals surface area contributed by atoms with Gasteiger partial charge in [-0.15, -0.1) is 0 Å². The zero-order valence-corrected chi connectivity index (χ0v) is 5.44. The average Bonchev–Trinajstić information content (AvgIpc) is 1.59. The molecule has 1 amide bonds. The summed E-state index contributed by atoms with van der Waals surface area (Å²) in [7, 11) is 0. The molecule has 0 atom stereocenters. The summed E-state index contributed by atoms with van der Waals surface area (Å²) in [6.07, 6.45) is -1.19. The van der Waals surface area contributed by atoms with Crippen LogP contribution in [0.25, 0.3) is 0 Å². The van der Waals surface area contributed by atoms with Gasteiger partial charge in [-0.2, -0.15) is 0 Å². The second kappa shape index (κ2) is 2.66. The molecule has 0 bridgehead atoms. The molecule has 0 aliphatic carbocycles. The molecule has 0 heterocycles. The van der Waals surface area contributed by atoms with Crippen molar-refractivity contribution in [2.75, 3.05) is 6.54 Å². The lowest BCUT2D eigenvalue weighted by Gasteiger charge is -2.12. The van der Waals surface area contributed by atoms with Crippen LogP contribution in [0.5, 0.6) is 0 Å². The molecule has 0 rings (SSSR count). The minimum absolute atomic E-state index is 0.164. The molecule has 0 aliphatic rings. The van der Waals surface area contributed by atoms with E-state index in [9.17, 15) is 9.18 Å². The Morgan fingerprint density at radius 2 is 2.22 bits per heavy atom. The summed E-state index contributed by atoms with van der Waals surface area (Å²) in [4.78, 5) is 9.77. The van der Waals surface area contributed by atoms with E-state index in [4.69, 9.17) is 5.11 Å². The number of hydrogen-bond acceptors (Lipinski definition) is 1. The molecule has 2 N–H and O–H groups in total. The molecule has 4 heteroatoms. The first-order valence-corrected chi connectivity index (χ1v) is 2.57. The number of hydrogen-bond donors (Lipinski definition) is 2. The van der Waals surface area contributed by atoms with Crippen LogP contribution in [0.15, 0.2) is 0 Å². The van der Waals surface area contributed by atoms with Crippen LogP contribution in [-0.4, -0.2) is 23.4 Å². The monoisotopic (exact) mass is 135 g/mol. The Kier molecular flexibility index (Phi) is 2.42. The molecule has 54 valence electrons. The summed E-state index contributed by atoms with van der Waals surface area (Å²) in [6.45, 7) is 2.45. The first-order chi connectivity index (χ1) is 3.92. The summed E-state index contributed by atoms with van der Waals surface area (Å²) in [5.74, 6) is 0. The highest BCUT2D eigenvalue weighted by molar-refractivity contribution is 5.64. The highest BCUT2D eigenvalue weighted by Gasteiger charge is 2.15. The van der Waals surface area contributed by atoms with Crippen molar-refractivity contribution in [1.82, 2.24) is 5.32 Å². The maximum Gasteiger partial charge on any atom is 0.404 e. The fraction of sp³-hybridized carbons (Fsp3) is 0.800. The SMILES string of the molecule is CC(C)(F)CNC(=O)O. The van der Waals surface area contributed by atoms with Gasteiger partial charge in [0, 0.05) is 0 Å². The van der Waals surface area contributed by atoms with Gasteiger partial charge in [0.05, 0.1) is 6.54 Å². The van der Waals surface area contributed by atoms with Crippen LogP contribution in [0, 0.1) is 0 Å². The molecule has 0 fully saturated rings. The van der Waals surface area contributed by atoms with Crippen molar-refractivity contribution in [3.8, 4) is 0 Å². The smallest absolute Gasteiger partial charge is 0.404 e. The Labute approximate surface area is 52.9 Å². The Hall–Kier alpha value is -0.800. The van der Waals surface area contributed by atoms with Crippen LogP contribution >= 0.6 is 0 Å². The lowest BCUT2D eigenvalue weighted by Crippen LogP contribution is -2.34. The van der Waals surface area contributed by atoms with Gasteiger partial charge in [-0.3, -0.25) is 0 Å². The predicted octanol–water partition coefficient (Wildman–Crippen LogP) is 1.00. The summed E-state index contributed by atoms with van der Waals surface area (Å²) in [6, 6.07) is 0. The van der Waals surface area contributed by atoms with Gasteiger partial charge in [-0.05, 0) is 13.8 Å². The van der Waals surface area contributed by atoms with E-state index in [1.54, 1.807) is 0 Å². The highest BCUT2D eigenvalue weighted by atomic mass is 19.1. The van der Waals surface area contributed by atoms with Crippen LogP contribution in [0.4, 0.5) is 9.18 Å². The van der Waals surface area contributed by atoms with Gasteiger partial charge < -0.3 is 10.4 Å². The molecule has 0 spiro atoms. The first kappa shape index (κ1) is 8.20. The summed E-state index contributed by atoms with van der Waals surface area (Å²) >= 11 is 0. The lowest BCUT2D eigenvalue weighted by atomic mass is 10.2.